The summed E-state index contributed by atoms with van der Waals surface area (Å²) in [5.74, 6) is 0.286. The molecule has 0 aliphatic carbocycles. The van der Waals surface area contributed by atoms with Gasteiger partial charge < -0.3 is 14.5 Å². The molecule has 0 aromatic rings. The second-order valence-electron chi connectivity index (χ2n) is 8.90. The Kier molecular flexibility index (Phi) is 6.59. The average Bonchev–Trinajstić information content (AvgIpc) is 2.78. The van der Waals surface area contributed by atoms with Crippen LogP contribution in [0.1, 0.15) is 39.5 Å². The summed E-state index contributed by atoms with van der Waals surface area (Å²) in [6, 6.07) is 0.519. The maximum absolute atomic E-state index is 13.1. The van der Waals surface area contributed by atoms with Gasteiger partial charge in [-0.2, -0.15) is 0 Å². The summed E-state index contributed by atoms with van der Waals surface area (Å²) in [5.41, 5.74) is 0.163. The summed E-state index contributed by atoms with van der Waals surface area (Å²) in [4.78, 5) is 22.6. The lowest BCUT2D eigenvalue weighted by Crippen LogP contribution is -2.58. The van der Waals surface area contributed by atoms with E-state index in [0.717, 1.165) is 71.7 Å². The van der Waals surface area contributed by atoms with Crippen LogP contribution in [-0.2, 0) is 9.53 Å². The van der Waals surface area contributed by atoms with E-state index in [1.165, 1.54) is 0 Å². The van der Waals surface area contributed by atoms with Gasteiger partial charge in [-0.25, -0.2) is 0 Å². The number of carbonyl (C=O) groups excluding carboxylic acids is 1. The van der Waals surface area contributed by atoms with Crippen molar-refractivity contribution >= 4 is 5.91 Å². The van der Waals surface area contributed by atoms with Crippen LogP contribution in [0.4, 0.5) is 0 Å². The topological polar surface area (TPSA) is 39.3 Å². The van der Waals surface area contributed by atoms with Gasteiger partial charge in [-0.05, 0) is 60.3 Å². The number of likely N-dealkylation sites (tertiary alicyclic amines) is 1. The lowest BCUT2D eigenvalue weighted by atomic mass is 9.85. The van der Waals surface area contributed by atoms with Gasteiger partial charge in [0.15, 0.2) is 0 Å². The Morgan fingerprint density at radius 3 is 2.54 bits per heavy atom. The van der Waals surface area contributed by atoms with Crippen LogP contribution in [-0.4, -0.2) is 110 Å². The van der Waals surface area contributed by atoms with Crippen molar-refractivity contribution in [2.45, 2.75) is 57.2 Å². The SMILES string of the molecule is CC(C)N1CCO[C@@H](CC(=O)N2CCCN(C)C3(CCN(C)CC3)C2)C1. The molecule has 150 valence electrons. The van der Waals surface area contributed by atoms with E-state index in [1.54, 1.807) is 0 Å². The molecule has 0 N–H and O–H groups in total. The standard InChI is InChI=1S/C20H38N4O2/c1-17(2)23-12-13-26-18(15-23)14-19(25)24-9-5-8-22(4)20(16-24)6-10-21(3)11-7-20/h17-18H,5-16H2,1-4H3/t18-/m0/s1. The van der Waals surface area contributed by atoms with Gasteiger partial charge in [0.25, 0.3) is 0 Å². The first kappa shape index (κ1) is 20.1. The molecule has 3 heterocycles. The highest BCUT2D eigenvalue weighted by atomic mass is 16.5. The molecule has 3 saturated heterocycles. The van der Waals surface area contributed by atoms with Crippen LogP contribution in [0.5, 0.6) is 0 Å². The Bertz CT molecular complexity index is 476. The number of amides is 1. The van der Waals surface area contributed by atoms with Gasteiger partial charge in [-0.15, -0.1) is 0 Å². The van der Waals surface area contributed by atoms with Crippen LogP contribution in [0.2, 0.25) is 0 Å². The third-order valence-electron chi connectivity index (χ3n) is 6.79. The summed E-state index contributed by atoms with van der Waals surface area (Å²) < 4.78 is 5.92. The van der Waals surface area contributed by atoms with Crippen molar-refractivity contribution in [3.63, 3.8) is 0 Å². The minimum atomic E-state index is 0.0491. The number of nitrogens with zero attached hydrogens (tertiary/aromatic N) is 4. The van der Waals surface area contributed by atoms with Crippen molar-refractivity contribution in [2.24, 2.45) is 0 Å². The Morgan fingerprint density at radius 1 is 1.12 bits per heavy atom. The second kappa shape index (κ2) is 8.55. The Balaban J connectivity index is 1.61. The van der Waals surface area contributed by atoms with E-state index in [-0.39, 0.29) is 17.6 Å². The fourth-order valence-corrected chi connectivity index (χ4v) is 4.74. The number of hydrogen-bond acceptors (Lipinski definition) is 5. The smallest absolute Gasteiger partial charge is 0.225 e. The van der Waals surface area contributed by atoms with Crippen LogP contribution >= 0.6 is 0 Å². The summed E-state index contributed by atoms with van der Waals surface area (Å²) in [7, 11) is 4.46. The van der Waals surface area contributed by atoms with Gasteiger partial charge >= 0.3 is 0 Å². The molecular weight excluding hydrogens is 328 g/mol. The average molecular weight is 367 g/mol. The van der Waals surface area contributed by atoms with E-state index < -0.39 is 0 Å². The van der Waals surface area contributed by atoms with Crippen LogP contribution in [0.3, 0.4) is 0 Å². The molecule has 0 unspecified atom stereocenters. The molecule has 0 aromatic heterocycles. The van der Waals surface area contributed by atoms with Crippen molar-refractivity contribution < 1.29 is 9.53 Å². The number of rotatable bonds is 3. The third-order valence-corrected chi connectivity index (χ3v) is 6.79. The van der Waals surface area contributed by atoms with Gasteiger partial charge in [0.05, 0.1) is 19.1 Å². The van der Waals surface area contributed by atoms with Crippen LogP contribution in [0.15, 0.2) is 0 Å². The fraction of sp³-hybridized carbons (Fsp3) is 0.950. The van der Waals surface area contributed by atoms with Crippen molar-refractivity contribution in [2.75, 3.05) is 66.5 Å². The van der Waals surface area contributed by atoms with Gasteiger partial charge in [0.2, 0.25) is 5.91 Å². The zero-order valence-electron chi connectivity index (χ0n) is 17.2. The van der Waals surface area contributed by atoms with Crippen molar-refractivity contribution in [1.82, 2.24) is 19.6 Å². The van der Waals surface area contributed by atoms with E-state index in [1.807, 2.05) is 0 Å². The number of carbonyl (C=O) groups is 1. The first-order chi connectivity index (χ1) is 12.4. The zero-order chi connectivity index (χ0) is 18.7. The molecule has 26 heavy (non-hydrogen) atoms. The lowest BCUT2D eigenvalue weighted by Gasteiger charge is -2.47. The lowest BCUT2D eigenvalue weighted by molar-refractivity contribution is -0.138. The van der Waals surface area contributed by atoms with Crippen molar-refractivity contribution in [1.29, 1.82) is 0 Å². The molecule has 0 aromatic carbocycles. The molecule has 0 saturated carbocycles. The molecule has 3 aliphatic heterocycles. The number of hydrogen-bond donors (Lipinski definition) is 0. The van der Waals surface area contributed by atoms with E-state index in [4.69, 9.17) is 4.74 Å². The minimum absolute atomic E-state index is 0.0491. The van der Waals surface area contributed by atoms with E-state index in [9.17, 15) is 4.79 Å². The predicted molar refractivity (Wildman–Crippen MR) is 104 cm³/mol. The highest BCUT2D eigenvalue weighted by molar-refractivity contribution is 5.77. The summed E-state index contributed by atoms with van der Waals surface area (Å²) in [5, 5.41) is 0. The van der Waals surface area contributed by atoms with Gasteiger partial charge in [-0.1, -0.05) is 0 Å². The van der Waals surface area contributed by atoms with Crippen molar-refractivity contribution in [3.05, 3.63) is 0 Å². The molecule has 0 bridgehead atoms. The van der Waals surface area contributed by atoms with Gasteiger partial charge in [0, 0.05) is 44.3 Å². The largest absolute Gasteiger partial charge is 0.375 e. The van der Waals surface area contributed by atoms with E-state index in [2.05, 4.69) is 47.5 Å². The van der Waals surface area contributed by atoms with E-state index >= 15 is 0 Å². The monoisotopic (exact) mass is 366 g/mol. The van der Waals surface area contributed by atoms with Gasteiger partial charge in [0.1, 0.15) is 0 Å². The maximum Gasteiger partial charge on any atom is 0.225 e. The molecule has 3 aliphatic rings. The van der Waals surface area contributed by atoms with Crippen LogP contribution in [0.25, 0.3) is 0 Å². The number of morpholine rings is 1. The predicted octanol–water partition coefficient (Wildman–Crippen LogP) is 1.11. The molecule has 3 fully saturated rings. The molecule has 3 rings (SSSR count). The summed E-state index contributed by atoms with van der Waals surface area (Å²) in [6.45, 7) is 12.2. The number of piperidine rings is 1. The summed E-state index contributed by atoms with van der Waals surface area (Å²) in [6.07, 6.45) is 3.97. The normalized spacial score (nSPS) is 29.3. The molecule has 0 radical (unpaired) electrons. The zero-order valence-corrected chi connectivity index (χ0v) is 17.2. The first-order valence-electron chi connectivity index (χ1n) is 10.4. The number of likely N-dealkylation sites (N-methyl/N-ethyl adjacent to an activating group) is 1. The fourth-order valence-electron chi connectivity index (χ4n) is 4.74. The highest BCUT2D eigenvalue weighted by Crippen LogP contribution is 2.31. The highest BCUT2D eigenvalue weighted by Gasteiger charge is 2.41. The van der Waals surface area contributed by atoms with Crippen LogP contribution in [0, 0.1) is 0 Å². The molecule has 6 nitrogen and oxygen atoms in total. The quantitative estimate of drug-likeness (QED) is 0.748. The Labute approximate surface area is 159 Å². The molecular formula is C20H38N4O2. The maximum atomic E-state index is 13.1. The molecule has 1 spiro atoms. The second-order valence-corrected chi connectivity index (χ2v) is 8.90. The molecule has 6 heteroatoms. The van der Waals surface area contributed by atoms with E-state index in [0.29, 0.717) is 12.5 Å². The molecule has 1 atom stereocenters. The van der Waals surface area contributed by atoms with Crippen molar-refractivity contribution in [3.8, 4) is 0 Å². The molecule has 1 amide bonds. The minimum Gasteiger partial charge on any atom is -0.375 e. The van der Waals surface area contributed by atoms with Gasteiger partial charge in [-0.3, -0.25) is 14.6 Å². The Hall–Kier alpha value is -0.690. The number of ether oxygens (including phenoxy) is 1. The van der Waals surface area contributed by atoms with Crippen LogP contribution < -0.4 is 0 Å². The third kappa shape index (κ3) is 4.58. The first-order valence-corrected chi connectivity index (χ1v) is 10.4. The Morgan fingerprint density at radius 2 is 1.85 bits per heavy atom. The summed E-state index contributed by atoms with van der Waals surface area (Å²) >= 11 is 0.